The zero-order valence-electron chi connectivity index (χ0n) is 17.1. The Morgan fingerprint density at radius 3 is 2.87 bits per heavy atom. The lowest BCUT2D eigenvalue weighted by Crippen LogP contribution is -2.74. The highest BCUT2D eigenvalue weighted by molar-refractivity contribution is 6.03. The third kappa shape index (κ3) is 2.08. The van der Waals surface area contributed by atoms with Crippen LogP contribution in [0.1, 0.15) is 17.5 Å². The van der Waals surface area contributed by atoms with Crippen molar-refractivity contribution in [2.45, 2.75) is 36.0 Å². The summed E-state index contributed by atoms with van der Waals surface area (Å²) >= 11 is 0. The number of aliphatic hydroxyl groups is 1. The predicted octanol–water partition coefficient (Wildman–Crippen LogP) is 2.72. The molecular formula is C24H25N3O3. The van der Waals surface area contributed by atoms with Crippen molar-refractivity contribution < 1.29 is 14.6 Å². The van der Waals surface area contributed by atoms with Crippen molar-refractivity contribution in [3.63, 3.8) is 0 Å². The van der Waals surface area contributed by atoms with Crippen LogP contribution in [0.5, 0.6) is 11.5 Å². The molecule has 0 saturated carbocycles. The summed E-state index contributed by atoms with van der Waals surface area (Å²) in [5.41, 5.74) is 5.63. The van der Waals surface area contributed by atoms with E-state index in [1.54, 1.807) is 7.11 Å². The number of ether oxygens (including phenoxy) is 2. The number of anilines is 1. The molecule has 30 heavy (non-hydrogen) atoms. The Labute approximate surface area is 175 Å². The largest absolute Gasteiger partial charge is 0.493 e. The highest BCUT2D eigenvalue weighted by Crippen LogP contribution is 2.63. The Balaban J connectivity index is 1.54. The van der Waals surface area contributed by atoms with E-state index in [9.17, 15) is 5.11 Å². The van der Waals surface area contributed by atoms with Gasteiger partial charge in [0.05, 0.1) is 18.2 Å². The first-order chi connectivity index (χ1) is 14.6. The van der Waals surface area contributed by atoms with Crippen LogP contribution < -0.4 is 14.9 Å². The number of nitrogens with zero attached hydrogens (tertiary/aromatic N) is 2. The van der Waals surface area contributed by atoms with Crippen molar-refractivity contribution in [3.05, 3.63) is 65.7 Å². The molecule has 1 spiro atoms. The molecule has 2 bridgehead atoms. The second-order valence-corrected chi connectivity index (χ2v) is 8.72. The zero-order valence-corrected chi connectivity index (χ0v) is 17.1. The van der Waals surface area contributed by atoms with Crippen LogP contribution in [0.25, 0.3) is 0 Å². The maximum Gasteiger partial charge on any atom is 0.166 e. The molecule has 4 aliphatic rings. The van der Waals surface area contributed by atoms with E-state index in [4.69, 9.17) is 14.6 Å². The zero-order chi connectivity index (χ0) is 20.5. The lowest BCUT2D eigenvalue weighted by atomic mass is 9.51. The van der Waals surface area contributed by atoms with Crippen LogP contribution in [-0.4, -0.2) is 54.2 Å². The average Bonchev–Trinajstić information content (AvgIpc) is 3.12. The van der Waals surface area contributed by atoms with Gasteiger partial charge in [0.2, 0.25) is 0 Å². The number of para-hydroxylation sites is 1. The van der Waals surface area contributed by atoms with E-state index in [2.05, 4.69) is 23.4 Å². The summed E-state index contributed by atoms with van der Waals surface area (Å²) in [4.78, 5) is 2.28. The molecule has 2 heterocycles. The highest BCUT2D eigenvalue weighted by atomic mass is 16.5. The number of rotatable bonds is 3. The van der Waals surface area contributed by atoms with E-state index in [0.717, 1.165) is 42.1 Å². The van der Waals surface area contributed by atoms with Crippen molar-refractivity contribution >= 4 is 11.4 Å². The number of hydrogen-bond acceptors (Lipinski definition) is 6. The molecule has 2 aromatic rings. The first kappa shape index (κ1) is 18.0. The van der Waals surface area contributed by atoms with Gasteiger partial charge in [0.15, 0.2) is 17.6 Å². The molecule has 0 amide bonds. The van der Waals surface area contributed by atoms with Crippen molar-refractivity contribution in [2.75, 3.05) is 26.1 Å². The maximum absolute atomic E-state index is 12.1. The standard InChI is InChI=1S/C24H25N3O3/c1-27-13-12-23-20-15-8-9-18(29-2)21(20)30-22(23)17(10-11-24(23,28)19(27)14-15)26-25-16-6-4-3-5-7-16/h3-11,19,22,25,28H,12-14H2,1-2H3/t19-,22+,23+,24-/m1/s1. The molecule has 2 N–H and O–H groups in total. The smallest absolute Gasteiger partial charge is 0.166 e. The molecule has 6 nitrogen and oxygen atoms in total. The minimum Gasteiger partial charge on any atom is -0.493 e. The molecule has 4 atom stereocenters. The first-order valence-electron chi connectivity index (χ1n) is 10.5. The van der Waals surface area contributed by atoms with E-state index in [-0.39, 0.29) is 12.1 Å². The third-order valence-electron chi connectivity index (χ3n) is 7.45. The van der Waals surface area contributed by atoms with E-state index < -0.39 is 11.0 Å². The first-order valence-corrected chi connectivity index (χ1v) is 10.5. The van der Waals surface area contributed by atoms with Gasteiger partial charge in [0, 0.05) is 11.6 Å². The van der Waals surface area contributed by atoms with Gasteiger partial charge in [-0.1, -0.05) is 24.3 Å². The van der Waals surface area contributed by atoms with Crippen LogP contribution >= 0.6 is 0 Å². The number of benzene rings is 2. The molecule has 0 unspecified atom stereocenters. The van der Waals surface area contributed by atoms with Gasteiger partial charge >= 0.3 is 0 Å². The summed E-state index contributed by atoms with van der Waals surface area (Å²) in [6.07, 6.45) is 5.09. The van der Waals surface area contributed by atoms with E-state index in [0.29, 0.717) is 5.75 Å². The molecule has 0 radical (unpaired) electrons. The number of piperidine rings is 1. The number of likely N-dealkylation sites (N-methyl/N-ethyl adjacent to an activating group) is 1. The predicted molar refractivity (Wildman–Crippen MR) is 115 cm³/mol. The second-order valence-electron chi connectivity index (χ2n) is 8.72. The van der Waals surface area contributed by atoms with Gasteiger partial charge in [-0.15, -0.1) is 0 Å². The molecule has 6 rings (SSSR count). The molecule has 0 aromatic heterocycles. The number of hydrogen-bond donors (Lipinski definition) is 2. The van der Waals surface area contributed by atoms with Crippen molar-refractivity contribution in [1.29, 1.82) is 0 Å². The Morgan fingerprint density at radius 1 is 1.23 bits per heavy atom. The quantitative estimate of drug-likeness (QED) is 0.772. The molecule has 2 aliphatic carbocycles. The monoisotopic (exact) mass is 403 g/mol. The number of nitrogens with one attached hydrogen (secondary N) is 1. The second kappa shape index (κ2) is 6.09. The Hall–Kier alpha value is -2.83. The van der Waals surface area contributed by atoms with E-state index in [1.807, 2.05) is 48.6 Å². The lowest BCUT2D eigenvalue weighted by molar-refractivity contribution is -0.120. The summed E-state index contributed by atoms with van der Waals surface area (Å²) in [7, 11) is 3.77. The van der Waals surface area contributed by atoms with Crippen molar-refractivity contribution in [3.8, 4) is 11.5 Å². The average molecular weight is 403 g/mol. The molecule has 2 aliphatic heterocycles. The maximum atomic E-state index is 12.1. The normalized spacial score (nSPS) is 34.4. The fourth-order valence-corrected chi connectivity index (χ4v) is 6.03. The summed E-state index contributed by atoms with van der Waals surface area (Å²) in [6.45, 7) is 0.899. The molecule has 1 saturated heterocycles. The van der Waals surface area contributed by atoms with Gasteiger partial charge in [0.1, 0.15) is 11.3 Å². The fourth-order valence-electron chi connectivity index (χ4n) is 6.03. The summed E-state index contributed by atoms with van der Waals surface area (Å²) in [5, 5.41) is 16.8. The minimum atomic E-state index is -1.01. The third-order valence-corrected chi connectivity index (χ3v) is 7.45. The Morgan fingerprint density at radius 2 is 2.07 bits per heavy atom. The SMILES string of the molecule is COc1ccc2c3c1O[C@H]1C(=NNc4ccccc4)C=C[C@@]4(O)[C@@H](C2)N(C)CC[C@]314. The van der Waals surface area contributed by atoms with Crippen molar-refractivity contribution in [2.24, 2.45) is 5.10 Å². The number of likely N-dealkylation sites (tertiary alicyclic amines) is 1. The number of methoxy groups -OCH3 is 1. The fraction of sp³-hybridized carbons (Fsp3) is 0.375. The highest BCUT2D eigenvalue weighted by Gasteiger charge is 2.71. The van der Waals surface area contributed by atoms with E-state index >= 15 is 0 Å². The minimum absolute atomic E-state index is 0.00378. The van der Waals surface area contributed by atoms with Crippen LogP contribution in [-0.2, 0) is 11.8 Å². The van der Waals surface area contributed by atoms with Crippen LogP contribution in [0.15, 0.2) is 59.7 Å². The van der Waals surface area contributed by atoms with Crippen LogP contribution in [0, 0.1) is 0 Å². The van der Waals surface area contributed by atoms with Gasteiger partial charge in [-0.2, -0.15) is 5.10 Å². The summed E-state index contributed by atoms with van der Waals surface area (Å²) in [6, 6.07) is 14.0. The molecular weight excluding hydrogens is 378 g/mol. The van der Waals surface area contributed by atoms with Gasteiger partial charge < -0.3 is 14.6 Å². The van der Waals surface area contributed by atoms with Crippen LogP contribution in [0.4, 0.5) is 5.69 Å². The van der Waals surface area contributed by atoms with Gasteiger partial charge in [-0.25, -0.2) is 0 Å². The lowest BCUT2D eigenvalue weighted by Gasteiger charge is -2.60. The van der Waals surface area contributed by atoms with Crippen LogP contribution in [0.3, 0.4) is 0 Å². The Bertz CT molecular complexity index is 1080. The molecule has 154 valence electrons. The molecule has 2 aromatic carbocycles. The number of hydrazone groups is 1. The van der Waals surface area contributed by atoms with Gasteiger partial charge in [0.25, 0.3) is 0 Å². The van der Waals surface area contributed by atoms with Gasteiger partial charge in [-0.05, 0) is 62.3 Å². The topological polar surface area (TPSA) is 66.3 Å². The van der Waals surface area contributed by atoms with E-state index in [1.165, 1.54) is 5.56 Å². The van der Waals surface area contributed by atoms with Crippen molar-refractivity contribution in [1.82, 2.24) is 4.90 Å². The molecule has 6 heteroatoms. The van der Waals surface area contributed by atoms with Crippen LogP contribution in [0.2, 0.25) is 0 Å². The molecule has 1 fully saturated rings. The summed E-state index contributed by atoms with van der Waals surface area (Å²) in [5.74, 6) is 1.48. The summed E-state index contributed by atoms with van der Waals surface area (Å²) < 4.78 is 12.2. The Kier molecular flexibility index (Phi) is 3.65. The van der Waals surface area contributed by atoms with Gasteiger partial charge in [-0.3, -0.25) is 10.3 Å².